The van der Waals surface area contributed by atoms with Crippen molar-refractivity contribution in [3.05, 3.63) is 59.5 Å². The van der Waals surface area contributed by atoms with Crippen molar-refractivity contribution in [2.24, 2.45) is 0 Å². The molecule has 0 aliphatic carbocycles. The van der Waals surface area contributed by atoms with Crippen LogP contribution in [0.3, 0.4) is 0 Å². The second-order valence-corrected chi connectivity index (χ2v) is 5.72. The second kappa shape index (κ2) is 6.70. The van der Waals surface area contributed by atoms with Gasteiger partial charge in [0.1, 0.15) is 25.1 Å². The number of H-pyrrole nitrogens is 1. The third kappa shape index (κ3) is 3.72. The SMILES string of the molecule is O=C(c1ccccc1F)N1CCN(c2ccc(C(F)(F)F)c[nH+]2)CC1. The lowest BCUT2D eigenvalue weighted by atomic mass is 10.1. The molecule has 2 heterocycles. The van der Waals surface area contributed by atoms with Crippen molar-refractivity contribution in [2.45, 2.75) is 6.18 Å². The highest BCUT2D eigenvalue weighted by molar-refractivity contribution is 5.94. The Hall–Kier alpha value is -2.64. The quantitative estimate of drug-likeness (QED) is 0.778. The van der Waals surface area contributed by atoms with Gasteiger partial charge in [-0.3, -0.25) is 9.69 Å². The van der Waals surface area contributed by atoms with Crippen molar-refractivity contribution in [1.82, 2.24) is 4.90 Å². The maximum Gasteiger partial charge on any atom is 0.419 e. The number of rotatable bonds is 2. The molecule has 1 N–H and O–H groups in total. The minimum absolute atomic E-state index is 0.0250. The van der Waals surface area contributed by atoms with E-state index in [4.69, 9.17) is 0 Å². The summed E-state index contributed by atoms with van der Waals surface area (Å²) in [5, 5.41) is 0. The molecule has 3 rings (SSSR count). The highest BCUT2D eigenvalue weighted by Crippen LogP contribution is 2.28. The first-order chi connectivity index (χ1) is 11.9. The number of benzene rings is 1. The van der Waals surface area contributed by atoms with E-state index in [0.29, 0.717) is 32.0 Å². The lowest BCUT2D eigenvalue weighted by molar-refractivity contribution is -0.367. The first-order valence-corrected chi connectivity index (χ1v) is 7.74. The fourth-order valence-corrected chi connectivity index (χ4v) is 2.75. The monoisotopic (exact) mass is 354 g/mol. The molecule has 1 aromatic heterocycles. The van der Waals surface area contributed by atoms with E-state index in [2.05, 4.69) is 4.98 Å². The highest BCUT2D eigenvalue weighted by Gasteiger charge is 2.33. The molecule has 25 heavy (non-hydrogen) atoms. The zero-order valence-corrected chi connectivity index (χ0v) is 13.2. The predicted octanol–water partition coefficient (Wildman–Crippen LogP) is 2.62. The molecule has 0 radical (unpaired) electrons. The van der Waals surface area contributed by atoms with Crippen LogP contribution in [0.2, 0.25) is 0 Å². The third-order valence-corrected chi connectivity index (χ3v) is 4.14. The number of aromatic amines is 1. The topological polar surface area (TPSA) is 37.7 Å². The van der Waals surface area contributed by atoms with Crippen LogP contribution in [-0.4, -0.2) is 37.0 Å². The Balaban J connectivity index is 1.64. The predicted molar refractivity (Wildman–Crippen MR) is 82.5 cm³/mol. The Morgan fingerprint density at radius 1 is 1.00 bits per heavy atom. The van der Waals surface area contributed by atoms with E-state index in [1.54, 1.807) is 11.0 Å². The summed E-state index contributed by atoms with van der Waals surface area (Å²) in [5.74, 6) is -0.397. The fourth-order valence-electron chi connectivity index (χ4n) is 2.75. The van der Waals surface area contributed by atoms with Gasteiger partial charge in [0.2, 0.25) is 0 Å². The van der Waals surface area contributed by atoms with Crippen molar-refractivity contribution in [2.75, 3.05) is 31.1 Å². The summed E-state index contributed by atoms with van der Waals surface area (Å²) in [6, 6.07) is 8.18. The summed E-state index contributed by atoms with van der Waals surface area (Å²) >= 11 is 0. The minimum Gasteiger partial charge on any atom is -0.331 e. The number of aromatic nitrogens is 1. The van der Waals surface area contributed by atoms with E-state index in [1.807, 2.05) is 4.90 Å². The van der Waals surface area contributed by atoms with Crippen LogP contribution in [0.1, 0.15) is 15.9 Å². The maximum absolute atomic E-state index is 13.7. The van der Waals surface area contributed by atoms with Gasteiger partial charge in [-0.15, -0.1) is 0 Å². The average Bonchev–Trinajstić information content (AvgIpc) is 2.61. The number of hydrogen-bond acceptors (Lipinski definition) is 2. The first-order valence-electron chi connectivity index (χ1n) is 7.74. The number of alkyl halides is 3. The zero-order valence-electron chi connectivity index (χ0n) is 13.2. The van der Waals surface area contributed by atoms with E-state index < -0.39 is 17.6 Å². The molecular formula is C17H16F4N3O+. The molecule has 132 valence electrons. The van der Waals surface area contributed by atoms with Crippen molar-refractivity contribution < 1.29 is 27.3 Å². The lowest BCUT2D eigenvalue weighted by Gasteiger charge is -2.31. The van der Waals surface area contributed by atoms with Gasteiger partial charge in [0.05, 0.1) is 24.2 Å². The van der Waals surface area contributed by atoms with Crippen molar-refractivity contribution >= 4 is 11.7 Å². The molecule has 1 aromatic carbocycles. The molecule has 8 heteroatoms. The molecule has 4 nitrogen and oxygen atoms in total. The van der Waals surface area contributed by atoms with Gasteiger partial charge >= 0.3 is 6.18 Å². The molecule has 0 unspecified atom stereocenters. The van der Waals surface area contributed by atoms with E-state index in [1.165, 1.54) is 24.3 Å². The number of amides is 1. The fraction of sp³-hybridized carbons (Fsp3) is 0.294. The molecular weight excluding hydrogens is 338 g/mol. The zero-order chi connectivity index (χ0) is 18.0. The van der Waals surface area contributed by atoms with E-state index >= 15 is 0 Å². The third-order valence-electron chi connectivity index (χ3n) is 4.14. The normalized spacial score (nSPS) is 15.4. The van der Waals surface area contributed by atoms with Crippen LogP contribution in [-0.2, 0) is 6.18 Å². The summed E-state index contributed by atoms with van der Waals surface area (Å²) in [4.78, 5) is 18.4. The van der Waals surface area contributed by atoms with Crippen LogP contribution >= 0.6 is 0 Å². The Kier molecular flexibility index (Phi) is 4.61. The van der Waals surface area contributed by atoms with E-state index in [9.17, 15) is 22.4 Å². The van der Waals surface area contributed by atoms with E-state index in [0.717, 1.165) is 12.3 Å². The Bertz CT molecular complexity index is 753. The standard InChI is InChI=1S/C17H15F4N3O/c18-14-4-2-1-3-13(14)16(25)24-9-7-23(8-10-24)15-6-5-12(11-22-15)17(19,20)21/h1-6,11H,7-10H2/p+1. The van der Waals surface area contributed by atoms with Crippen LogP contribution in [0.5, 0.6) is 0 Å². The number of carbonyl (C=O) groups is 1. The molecule has 1 fully saturated rings. The van der Waals surface area contributed by atoms with Crippen LogP contribution < -0.4 is 9.88 Å². The van der Waals surface area contributed by atoms with Gasteiger partial charge in [-0.2, -0.15) is 13.2 Å². The van der Waals surface area contributed by atoms with Gasteiger partial charge in [-0.1, -0.05) is 12.1 Å². The summed E-state index contributed by atoms with van der Waals surface area (Å²) in [7, 11) is 0. The van der Waals surface area contributed by atoms with Gasteiger partial charge in [-0.25, -0.2) is 9.37 Å². The number of nitrogens with zero attached hydrogens (tertiary/aromatic N) is 2. The molecule has 1 saturated heterocycles. The van der Waals surface area contributed by atoms with Crippen molar-refractivity contribution in [1.29, 1.82) is 0 Å². The number of anilines is 1. The Morgan fingerprint density at radius 3 is 2.24 bits per heavy atom. The Morgan fingerprint density at radius 2 is 1.68 bits per heavy atom. The molecule has 0 saturated carbocycles. The number of pyridine rings is 1. The molecule has 0 atom stereocenters. The molecule has 1 amide bonds. The van der Waals surface area contributed by atoms with Gasteiger partial charge in [0.25, 0.3) is 11.7 Å². The van der Waals surface area contributed by atoms with Gasteiger partial charge in [0, 0.05) is 6.07 Å². The number of halogens is 4. The lowest BCUT2D eigenvalue weighted by Crippen LogP contribution is -2.50. The van der Waals surface area contributed by atoms with Crippen molar-refractivity contribution in [3.63, 3.8) is 0 Å². The van der Waals surface area contributed by atoms with Crippen molar-refractivity contribution in [3.8, 4) is 0 Å². The summed E-state index contributed by atoms with van der Waals surface area (Å²) < 4.78 is 51.5. The number of nitrogens with one attached hydrogen (secondary N) is 1. The largest absolute Gasteiger partial charge is 0.419 e. The number of hydrogen-bond donors (Lipinski definition) is 0. The smallest absolute Gasteiger partial charge is 0.331 e. The summed E-state index contributed by atoms with van der Waals surface area (Å²) in [6.45, 7) is 1.62. The molecule has 1 aliphatic rings. The summed E-state index contributed by atoms with van der Waals surface area (Å²) in [6.07, 6.45) is -3.47. The minimum atomic E-state index is -4.39. The first kappa shape index (κ1) is 17.2. The maximum atomic E-state index is 13.7. The van der Waals surface area contributed by atoms with Gasteiger partial charge in [-0.05, 0) is 18.2 Å². The number of piperazine rings is 1. The second-order valence-electron chi connectivity index (χ2n) is 5.72. The summed E-state index contributed by atoms with van der Waals surface area (Å²) in [5.41, 5.74) is -0.721. The highest BCUT2D eigenvalue weighted by atomic mass is 19.4. The molecule has 1 aliphatic heterocycles. The number of carbonyl (C=O) groups excluding carboxylic acids is 1. The van der Waals surface area contributed by atoms with Crippen LogP contribution in [0.15, 0.2) is 42.6 Å². The molecule has 0 spiro atoms. The Labute approximate surface area is 141 Å². The van der Waals surface area contributed by atoms with E-state index in [-0.39, 0.29) is 11.5 Å². The van der Waals surface area contributed by atoms with Crippen LogP contribution in [0, 0.1) is 5.82 Å². The van der Waals surface area contributed by atoms with Gasteiger partial charge < -0.3 is 4.90 Å². The van der Waals surface area contributed by atoms with Crippen LogP contribution in [0.25, 0.3) is 0 Å². The van der Waals surface area contributed by atoms with Crippen LogP contribution in [0.4, 0.5) is 23.4 Å². The molecule has 2 aromatic rings. The molecule has 0 bridgehead atoms. The van der Waals surface area contributed by atoms with Gasteiger partial charge in [0.15, 0.2) is 0 Å². The average molecular weight is 354 g/mol.